The van der Waals surface area contributed by atoms with Gasteiger partial charge in [0.25, 0.3) is 0 Å². The van der Waals surface area contributed by atoms with Gasteiger partial charge in [-0.3, -0.25) is 0 Å². The zero-order valence-electron chi connectivity index (χ0n) is 9.79. The molecule has 2 rings (SSSR count). The van der Waals surface area contributed by atoms with E-state index in [1.165, 1.54) is 0 Å². The Labute approximate surface area is 105 Å². The highest BCUT2D eigenvalue weighted by atomic mass is 35.5. The Hall–Kier alpha value is -1.62. The van der Waals surface area contributed by atoms with Crippen LogP contribution in [0.15, 0.2) is 12.4 Å². The average molecular weight is 252 g/mol. The van der Waals surface area contributed by atoms with E-state index >= 15 is 0 Å². The van der Waals surface area contributed by atoms with Crippen LogP contribution in [0, 0.1) is 13.8 Å². The summed E-state index contributed by atoms with van der Waals surface area (Å²) in [4.78, 5) is 15.6. The smallest absolute Gasteiger partial charge is 0.137 e. The fourth-order valence-corrected chi connectivity index (χ4v) is 1.71. The van der Waals surface area contributed by atoms with Crippen LogP contribution in [0.4, 0.5) is 5.82 Å². The highest BCUT2D eigenvalue weighted by Crippen LogP contribution is 2.19. The third-order valence-electron chi connectivity index (χ3n) is 2.41. The van der Waals surface area contributed by atoms with Crippen LogP contribution in [0.5, 0.6) is 0 Å². The fourth-order valence-electron chi connectivity index (χ4n) is 1.50. The average Bonchev–Trinajstić information content (AvgIpc) is 2.78. The maximum atomic E-state index is 5.99. The number of aryl methyl sites for hydroxylation is 1. The van der Waals surface area contributed by atoms with Crippen molar-refractivity contribution in [2.45, 2.75) is 20.3 Å². The molecule has 0 radical (unpaired) electrons. The summed E-state index contributed by atoms with van der Waals surface area (Å²) in [5.74, 6) is 2.40. The molecule has 0 bridgehead atoms. The molecule has 0 saturated heterocycles. The maximum absolute atomic E-state index is 5.99. The summed E-state index contributed by atoms with van der Waals surface area (Å²) in [6, 6.07) is 0. The van der Waals surface area contributed by atoms with E-state index in [2.05, 4.69) is 25.3 Å². The number of aromatic nitrogens is 4. The Balaban J connectivity index is 1.99. The van der Waals surface area contributed by atoms with Gasteiger partial charge < -0.3 is 10.3 Å². The van der Waals surface area contributed by atoms with Gasteiger partial charge in [0.2, 0.25) is 0 Å². The number of anilines is 1. The van der Waals surface area contributed by atoms with Gasteiger partial charge in [-0.15, -0.1) is 0 Å². The lowest BCUT2D eigenvalue weighted by Crippen LogP contribution is -2.10. The molecule has 2 aromatic heterocycles. The van der Waals surface area contributed by atoms with E-state index in [9.17, 15) is 0 Å². The third kappa shape index (κ3) is 2.94. The number of nitrogens with one attached hydrogen (secondary N) is 2. The number of H-pyrrole nitrogens is 1. The molecule has 6 heteroatoms. The second kappa shape index (κ2) is 5.14. The fraction of sp³-hybridized carbons (Fsp3) is 0.364. The van der Waals surface area contributed by atoms with Crippen molar-refractivity contribution in [3.05, 3.63) is 34.8 Å². The van der Waals surface area contributed by atoms with Crippen LogP contribution < -0.4 is 5.32 Å². The summed E-state index contributed by atoms with van der Waals surface area (Å²) < 4.78 is 0. The molecule has 0 aromatic carbocycles. The Morgan fingerprint density at radius 3 is 2.88 bits per heavy atom. The summed E-state index contributed by atoms with van der Waals surface area (Å²) in [6.07, 6.45) is 4.37. The molecule has 5 nitrogen and oxygen atoms in total. The van der Waals surface area contributed by atoms with Crippen LogP contribution in [-0.2, 0) is 6.42 Å². The van der Waals surface area contributed by atoms with Gasteiger partial charge in [0.05, 0.1) is 0 Å². The van der Waals surface area contributed by atoms with Gasteiger partial charge in [0.15, 0.2) is 0 Å². The Morgan fingerprint density at radius 1 is 1.35 bits per heavy atom. The van der Waals surface area contributed by atoms with E-state index in [1.807, 2.05) is 20.0 Å². The number of aromatic amines is 1. The van der Waals surface area contributed by atoms with E-state index in [0.29, 0.717) is 11.0 Å². The quantitative estimate of drug-likeness (QED) is 0.817. The second-order valence-corrected chi connectivity index (χ2v) is 4.11. The molecule has 0 amide bonds. The molecular formula is C11H14ClN5. The van der Waals surface area contributed by atoms with Gasteiger partial charge in [-0.1, -0.05) is 11.6 Å². The highest BCUT2D eigenvalue weighted by molar-refractivity contribution is 6.30. The molecule has 90 valence electrons. The largest absolute Gasteiger partial charge is 0.369 e. The second-order valence-electron chi connectivity index (χ2n) is 3.75. The molecule has 0 atom stereocenters. The van der Waals surface area contributed by atoms with Crippen molar-refractivity contribution in [3.63, 3.8) is 0 Å². The molecule has 17 heavy (non-hydrogen) atoms. The van der Waals surface area contributed by atoms with E-state index < -0.39 is 0 Å². The lowest BCUT2D eigenvalue weighted by atomic mass is 10.3. The number of rotatable bonds is 4. The van der Waals surface area contributed by atoms with Crippen molar-refractivity contribution in [2.24, 2.45) is 0 Å². The van der Waals surface area contributed by atoms with Crippen LogP contribution in [0.1, 0.15) is 17.2 Å². The zero-order valence-corrected chi connectivity index (χ0v) is 10.5. The lowest BCUT2D eigenvalue weighted by Gasteiger charge is -2.09. The maximum Gasteiger partial charge on any atom is 0.137 e. The molecule has 0 aliphatic carbocycles. The minimum Gasteiger partial charge on any atom is -0.369 e. The molecule has 0 spiro atoms. The first-order valence-corrected chi connectivity index (χ1v) is 5.77. The highest BCUT2D eigenvalue weighted by Gasteiger charge is 2.06. The van der Waals surface area contributed by atoms with Gasteiger partial charge in [-0.05, 0) is 13.8 Å². The molecule has 0 fully saturated rings. The van der Waals surface area contributed by atoms with Crippen molar-refractivity contribution < 1.29 is 0 Å². The minimum absolute atomic E-state index is 0.498. The number of nitrogens with zero attached hydrogens (tertiary/aromatic N) is 3. The minimum atomic E-state index is 0.498. The zero-order chi connectivity index (χ0) is 12.3. The number of hydrogen-bond acceptors (Lipinski definition) is 4. The SMILES string of the molecule is Cc1nc(Cl)c(C)c(NCCc2ncc[nH]2)n1. The molecule has 0 aliphatic rings. The molecule has 0 aliphatic heterocycles. The van der Waals surface area contributed by atoms with E-state index in [4.69, 9.17) is 11.6 Å². The first kappa shape index (κ1) is 11.9. The van der Waals surface area contributed by atoms with Gasteiger partial charge >= 0.3 is 0 Å². The summed E-state index contributed by atoms with van der Waals surface area (Å²) in [7, 11) is 0. The van der Waals surface area contributed by atoms with Crippen molar-refractivity contribution in [1.29, 1.82) is 0 Å². The van der Waals surface area contributed by atoms with Crippen molar-refractivity contribution in [3.8, 4) is 0 Å². The Kier molecular flexibility index (Phi) is 3.58. The predicted octanol–water partition coefficient (Wildman–Crippen LogP) is 2.12. The van der Waals surface area contributed by atoms with Gasteiger partial charge in [0, 0.05) is 30.9 Å². The number of halogens is 1. The van der Waals surface area contributed by atoms with Gasteiger partial charge in [0.1, 0.15) is 22.6 Å². The topological polar surface area (TPSA) is 66.5 Å². The van der Waals surface area contributed by atoms with Crippen molar-refractivity contribution in [1.82, 2.24) is 19.9 Å². The first-order valence-electron chi connectivity index (χ1n) is 5.39. The summed E-state index contributed by atoms with van der Waals surface area (Å²) >= 11 is 5.99. The number of hydrogen-bond donors (Lipinski definition) is 2. The first-order chi connectivity index (χ1) is 8.16. The monoisotopic (exact) mass is 251 g/mol. The Morgan fingerprint density at radius 2 is 2.18 bits per heavy atom. The molecule has 0 saturated carbocycles. The molecule has 2 aromatic rings. The van der Waals surface area contributed by atoms with Crippen LogP contribution in [0.25, 0.3) is 0 Å². The number of imidazole rings is 1. The standard InChI is InChI=1S/C11H14ClN5/c1-7-10(12)16-8(2)17-11(7)15-4-3-9-13-5-6-14-9/h5-6H,3-4H2,1-2H3,(H,13,14)(H,15,16,17). The summed E-state index contributed by atoms with van der Waals surface area (Å²) in [5, 5.41) is 3.74. The van der Waals surface area contributed by atoms with Gasteiger partial charge in [-0.25, -0.2) is 15.0 Å². The van der Waals surface area contributed by atoms with Crippen LogP contribution in [-0.4, -0.2) is 26.5 Å². The molecular weight excluding hydrogens is 238 g/mol. The van der Waals surface area contributed by atoms with Crippen LogP contribution in [0.2, 0.25) is 5.15 Å². The molecule has 0 unspecified atom stereocenters. The van der Waals surface area contributed by atoms with E-state index in [1.54, 1.807) is 6.20 Å². The van der Waals surface area contributed by atoms with Crippen LogP contribution >= 0.6 is 11.6 Å². The molecule has 2 heterocycles. The van der Waals surface area contributed by atoms with Crippen LogP contribution in [0.3, 0.4) is 0 Å². The normalized spacial score (nSPS) is 10.5. The summed E-state index contributed by atoms with van der Waals surface area (Å²) in [5.41, 5.74) is 0.872. The van der Waals surface area contributed by atoms with Crippen molar-refractivity contribution >= 4 is 17.4 Å². The third-order valence-corrected chi connectivity index (χ3v) is 2.78. The van der Waals surface area contributed by atoms with Gasteiger partial charge in [-0.2, -0.15) is 0 Å². The molecule has 2 N–H and O–H groups in total. The summed E-state index contributed by atoms with van der Waals surface area (Å²) in [6.45, 7) is 4.47. The predicted molar refractivity (Wildman–Crippen MR) is 67.3 cm³/mol. The Bertz CT molecular complexity index is 495. The van der Waals surface area contributed by atoms with Crippen molar-refractivity contribution in [2.75, 3.05) is 11.9 Å². The van der Waals surface area contributed by atoms with E-state index in [0.717, 1.165) is 30.2 Å². The van der Waals surface area contributed by atoms with E-state index in [-0.39, 0.29) is 0 Å². The lowest BCUT2D eigenvalue weighted by molar-refractivity contribution is 0.911.